The van der Waals surface area contributed by atoms with Gasteiger partial charge in [-0.3, -0.25) is 10.1 Å². The number of nitrogens with zero attached hydrogens (tertiary/aromatic N) is 1. The van der Waals surface area contributed by atoms with Crippen LogP contribution in [0.4, 0.5) is 5.69 Å². The van der Waals surface area contributed by atoms with Gasteiger partial charge in [0, 0.05) is 6.07 Å². The SMILES string of the molecule is COc1c([N+](=O)[O-])cc(C)c(C)c1Br. The van der Waals surface area contributed by atoms with E-state index in [0.717, 1.165) is 11.1 Å². The standard InChI is InChI=1S/C9H10BrNO3/c1-5-4-7(11(12)13)9(14-3)8(10)6(5)2/h4H,1-3H3. The normalized spacial score (nSPS) is 10.0. The Bertz CT molecular complexity index is 390. The molecule has 0 aliphatic rings. The maximum absolute atomic E-state index is 10.7. The zero-order valence-electron chi connectivity index (χ0n) is 8.13. The molecule has 1 aromatic carbocycles. The molecule has 0 saturated heterocycles. The molecule has 0 fully saturated rings. The number of nitro groups is 1. The van der Waals surface area contributed by atoms with Crippen LogP contribution < -0.4 is 4.74 Å². The Morgan fingerprint density at radius 2 is 2.07 bits per heavy atom. The van der Waals surface area contributed by atoms with Crippen molar-refractivity contribution in [1.82, 2.24) is 0 Å². The lowest BCUT2D eigenvalue weighted by Gasteiger charge is -2.08. The van der Waals surface area contributed by atoms with E-state index in [1.54, 1.807) is 0 Å². The molecule has 0 saturated carbocycles. The van der Waals surface area contributed by atoms with Crippen LogP contribution in [0.25, 0.3) is 0 Å². The third-order valence-electron chi connectivity index (χ3n) is 2.11. The molecule has 0 radical (unpaired) electrons. The fraction of sp³-hybridized carbons (Fsp3) is 0.333. The summed E-state index contributed by atoms with van der Waals surface area (Å²) in [6, 6.07) is 1.51. The molecular weight excluding hydrogens is 250 g/mol. The van der Waals surface area contributed by atoms with Crippen LogP contribution in [0.1, 0.15) is 11.1 Å². The number of halogens is 1. The molecule has 5 heteroatoms. The fourth-order valence-corrected chi connectivity index (χ4v) is 1.84. The second kappa shape index (κ2) is 3.96. The topological polar surface area (TPSA) is 52.4 Å². The second-order valence-corrected chi connectivity index (χ2v) is 3.73. The van der Waals surface area contributed by atoms with Crippen molar-refractivity contribution in [2.24, 2.45) is 0 Å². The van der Waals surface area contributed by atoms with E-state index in [-0.39, 0.29) is 11.4 Å². The monoisotopic (exact) mass is 259 g/mol. The lowest BCUT2D eigenvalue weighted by Crippen LogP contribution is -1.97. The first kappa shape index (κ1) is 11.0. The molecule has 0 aliphatic heterocycles. The summed E-state index contributed by atoms with van der Waals surface area (Å²) in [6.07, 6.45) is 0. The van der Waals surface area contributed by atoms with Gasteiger partial charge in [-0.05, 0) is 40.9 Å². The molecule has 0 aromatic heterocycles. The van der Waals surface area contributed by atoms with Crippen molar-refractivity contribution in [3.63, 3.8) is 0 Å². The van der Waals surface area contributed by atoms with Gasteiger partial charge >= 0.3 is 5.69 Å². The molecule has 0 bridgehead atoms. The minimum atomic E-state index is -0.448. The highest BCUT2D eigenvalue weighted by molar-refractivity contribution is 9.10. The van der Waals surface area contributed by atoms with E-state index >= 15 is 0 Å². The van der Waals surface area contributed by atoms with Crippen LogP contribution in [-0.2, 0) is 0 Å². The van der Waals surface area contributed by atoms with E-state index < -0.39 is 4.92 Å². The third-order valence-corrected chi connectivity index (χ3v) is 3.06. The average Bonchev–Trinajstić information content (AvgIpc) is 2.13. The first-order valence-corrected chi connectivity index (χ1v) is 4.76. The molecule has 1 rings (SSSR count). The van der Waals surface area contributed by atoms with Crippen molar-refractivity contribution < 1.29 is 9.66 Å². The minimum absolute atomic E-state index is 0.0116. The summed E-state index contributed by atoms with van der Waals surface area (Å²) in [5.41, 5.74) is 1.80. The van der Waals surface area contributed by atoms with Crippen molar-refractivity contribution in [2.75, 3.05) is 7.11 Å². The van der Waals surface area contributed by atoms with Crippen molar-refractivity contribution in [2.45, 2.75) is 13.8 Å². The number of hydrogen-bond acceptors (Lipinski definition) is 3. The minimum Gasteiger partial charge on any atom is -0.489 e. The molecule has 0 N–H and O–H groups in total. The number of rotatable bonds is 2. The number of methoxy groups -OCH3 is 1. The molecule has 0 aliphatic carbocycles. The van der Waals surface area contributed by atoms with Crippen molar-refractivity contribution in [3.05, 3.63) is 31.8 Å². The predicted molar refractivity (Wildman–Crippen MR) is 56.8 cm³/mol. The maximum atomic E-state index is 10.7. The molecule has 0 unspecified atom stereocenters. The van der Waals surface area contributed by atoms with Crippen molar-refractivity contribution in [3.8, 4) is 5.75 Å². The van der Waals surface area contributed by atoms with E-state index in [2.05, 4.69) is 15.9 Å². The molecule has 0 atom stereocenters. The van der Waals surface area contributed by atoms with Crippen LogP contribution in [0.15, 0.2) is 10.5 Å². The quantitative estimate of drug-likeness (QED) is 0.606. The Morgan fingerprint density at radius 1 is 1.50 bits per heavy atom. The lowest BCUT2D eigenvalue weighted by atomic mass is 10.1. The van der Waals surface area contributed by atoms with Gasteiger partial charge in [0.15, 0.2) is 0 Å². The molecule has 4 nitrogen and oxygen atoms in total. The summed E-state index contributed by atoms with van der Waals surface area (Å²) >= 11 is 3.28. The predicted octanol–water partition coefficient (Wildman–Crippen LogP) is 2.98. The number of aryl methyl sites for hydroxylation is 1. The Morgan fingerprint density at radius 3 is 2.50 bits per heavy atom. The van der Waals surface area contributed by atoms with Gasteiger partial charge in [0.05, 0.1) is 16.5 Å². The highest BCUT2D eigenvalue weighted by Gasteiger charge is 2.20. The summed E-state index contributed by atoms with van der Waals surface area (Å²) < 4.78 is 5.63. The fourth-order valence-electron chi connectivity index (χ4n) is 1.16. The van der Waals surface area contributed by atoms with E-state index in [1.807, 2.05) is 13.8 Å². The van der Waals surface area contributed by atoms with E-state index in [4.69, 9.17) is 4.74 Å². The summed E-state index contributed by atoms with van der Waals surface area (Å²) in [5, 5.41) is 10.7. The van der Waals surface area contributed by atoms with E-state index in [9.17, 15) is 10.1 Å². The Labute approximate surface area is 90.2 Å². The molecule has 76 valence electrons. The van der Waals surface area contributed by atoms with Gasteiger partial charge in [-0.1, -0.05) is 0 Å². The Hall–Kier alpha value is -1.10. The van der Waals surface area contributed by atoms with Gasteiger partial charge in [0.1, 0.15) is 0 Å². The van der Waals surface area contributed by atoms with Crippen LogP contribution in [0, 0.1) is 24.0 Å². The van der Waals surface area contributed by atoms with Crippen LogP contribution in [0.2, 0.25) is 0 Å². The van der Waals surface area contributed by atoms with E-state index in [1.165, 1.54) is 13.2 Å². The molecule has 0 amide bonds. The number of benzene rings is 1. The number of nitro benzene ring substituents is 1. The Kier molecular flexibility index (Phi) is 3.10. The summed E-state index contributed by atoms with van der Waals surface area (Å²) in [4.78, 5) is 10.3. The van der Waals surface area contributed by atoms with Crippen LogP contribution >= 0.6 is 15.9 Å². The van der Waals surface area contributed by atoms with Crippen molar-refractivity contribution >= 4 is 21.6 Å². The first-order valence-electron chi connectivity index (χ1n) is 3.97. The van der Waals surface area contributed by atoms with Crippen molar-refractivity contribution in [1.29, 1.82) is 0 Å². The number of hydrogen-bond donors (Lipinski definition) is 0. The van der Waals surface area contributed by atoms with Gasteiger partial charge in [-0.25, -0.2) is 0 Å². The number of ether oxygens (including phenoxy) is 1. The molecule has 14 heavy (non-hydrogen) atoms. The Balaban J connectivity index is 3.51. The second-order valence-electron chi connectivity index (χ2n) is 2.94. The third kappa shape index (κ3) is 1.72. The maximum Gasteiger partial charge on any atom is 0.312 e. The summed E-state index contributed by atoms with van der Waals surface area (Å²) in [7, 11) is 1.42. The van der Waals surface area contributed by atoms with Gasteiger partial charge in [0.25, 0.3) is 0 Å². The zero-order chi connectivity index (χ0) is 10.9. The van der Waals surface area contributed by atoms with Crippen LogP contribution in [0.5, 0.6) is 5.75 Å². The lowest BCUT2D eigenvalue weighted by molar-refractivity contribution is -0.385. The molecule has 0 spiro atoms. The molecule has 0 heterocycles. The highest BCUT2D eigenvalue weighted by Crippen LogP contribution is 2.38. The first-order chi connectivity index (χ1) is 6.49. The largest absolute Gasteiger partial charge is 0.489 e. The van der Waals surface area contributed by atoms with Gasteiger partial charge in [-0.2, -0.15) is 0 Å². The summed E-state index contributed by atoms with van der Waals surface area (Å²) in [6.45, 7) is 3.71. The smallest absolute Gasteiger partial charge is 0.312 e. The van der Waals surface area contributed by atoms with E-state index in [0.29, 0.717) is 4.47 Å². The van der Waals surface area contributed by atoms with Crippen LogP contribution in [-0.4, -0.2) is 12.0 Å². The van der Waals surface area contributed by atoms with Gasteiger partial charge in [-0.15, -0.1) is 0 Å². The zero-order valence-corrected chi connectivity index (χ0v) is 9.71. The molecule has 1 aromatic rings. The highest BCUT2D eigenvalue weighted by atomic mass is 79.9. The van der Waals surface area contributed by atoms with Gasteiger partial charge in [0.2, 0.25) is 5.75 Å². The summed E-state index contributed by atoms with van der Waals surface area (Å²) in [5.74, 6) is 0.276. The van der Waals surface area contributed by atoms with Crippen LogP contribution in [0.3, 0.4) is 0 Å². The molecular formula is C9H10BrNO3. The average molecular weight is 260 g/mol. The van der Waals surface area contributed by atoms with Gasteiger partial charge < -0.3 is 4.74 Å².